The molecule has 3 aromatic heterocycles. The highest BCUT2D eigenvalue weighted by atomic mass is 19.4. The first-order chi connectivity index (χ1) is 14.4. The fourth-order valence-corrected chi connectivity index (χ4v) is 3.16. The van der Waals surface area contributed by atoms with Gasteiger partial charge >= 0.3 is 6.18 Å². The van der Waals surface area contributed by atoms with Gasteiger partial charge < -0.3 is 9.80 Å². The van der Waals surface area contributed by atoms with E-state index in [1.807, 2.05) is 17.0 Å². The largest absolute Gasteiger partial charge is 0.433 e. The fraction of sp³-hybridized carbons (Fsp3) is 0.316. The molecule has 0 N–H and O–H groups in total. The van der Waals surface area contributed by atoms with Gasteiger partial charge in [0, 0.05) is 44.6 Å². The van der Waals surface area contributed by atoms with Crippen LogP contribution in [0.5, 0.6) is 0 Å². The second kappa shape index (κ2) is 8.09. The van der Waals surface area contributed by atoms with Crippen molar-refractivity contribution in [1.82, 2.24) is 24.7 Å². The van der Waals surface area contributed by atoms with E-state index in [0.717, 1.165) is 18.0 Å². The predicted molar refractivity (Wildman–Crippen MR) is 103 cm³/mol. The summed E-state index contributed by atoms with van der Waals surface area (Å²) in [7, 11) is 0. The van der Waals surface area contributed by atoms with Gasteiger partial charge in [0.25, 0.3) is 5.56 Å². The minimum Gasteiger partial charge on any atom is -0.352 e. The van der Waals surface area contributed by atoms with Crippen LogP contribution in [0.3, 0.4) is 0 Å². The number of hydrogen-bond acceptors (Lipinski definition) is 7. The van der Waals surface area contributed by atoms with Crippen molar-refractivity contribution in [2.45, 2.75) is 12.7 Å². The van der Waals surface area contributed by atoms with E-state index in [4.69, 9.17) is 0 Å². The molecule has 1 aliphatic heterocycles. The first kappa shape index (κ1) is 19.8. The molecule has 1 saturated heterocycles. The lowest BCUT2D eigenvalue weighted by Crippen LogP contribution is -2.48. The maximum atomic E-state index is 12.9. The maximum Gasteiger partial charge on any atom is 0.433 e. The average Bonchev–Trinajstić information content (AvgIpc) is 2.76. The lowest BCUT2D eigenvalue weighted by atomic mass is 10.3. The molecular formula is C19H18F3N7O. The van der Waals surface area contributed by atoms with Gasteiger partial charge in [0.1, 0.15) is 11.5 Å². The minimum atomic E-state index is -4.51. The van der Waals surface area contributed by atoms with E-state index in [9.17, 15) is 18.0 Å². The SMILES string of the molecule is O=c1ccc(N2CCN(c3nccc(C(F)(F)F)n3)CC2)nn1Cc1ccccn1. The number of aromatic nitrogens is 5. The van der Waals surface area contributed by atoms with Crippen LogP contribution in [0.25, 0.3) is 0 Å². The van der Waals surface area contributed by atoms with Crippen LogP contribution >= 0.6 is 0 Å². The van der Waals surface area contributed by atoms with Gasteiger partial charge in [-0.05, 0) is 24.3 Å². The number of alkyl halides is 3. The van der Waals surface area contributed by atoms with Gasteiger partial charge in [-0.15, -0.1) is 0 Å². The van der Waals surface area contributed by atoms with E-state index >= 15 is 0 Å². The molecular weight excluding hydrogens is 399 g/mol. The Bertz CT molecular complexity index is 1060. The second-order valence-electron chi connectivity index (χ2n) is 6.72. The van der Waals surface area contributed by atoms with Crippen molar-refractivity contribution in [2.75, 3.05) is 36.0 Å². The zero-order chi connectivity index (χ0) is 21.1. The van der Waals surface area contributed by atoms with E-state index < -0.39 is 11.9 Å². The summed E-state index contributed by atoms with van der Waals surface area (Å²) in [5.74, 6) is 0.674. The summed E-state index contributed by atoms with van der Waals surface area (Å²) in [4.78, 5) is 27.6. The number of nitrogens with zero attached hydrogens (tertiary/aromatic N) is 7. The Labute approximate surface area is 169 Å². The van der Waals surface area contributed by atoms with E-state index in [1.165, 1.54) is 10.7 Å². The van der Waals surface area contributed by atoms with Gasteiger partial charge in [-0.3, -0.25) is 9.78 Å². The normalized spacial score (nSPS) is 14.8. The molecule has 1 aliphatic rings. The summed E-state index contributed by atoms with van der Waals surface area (Å²) < 4.78 is 40.0. The number of anilines is 2. The molecule has 0 unspecified atom stereocenters. The van der Waals surface area contributed by atoms with Crippen molar-refractivity contribution >= 4 is 11.8 Å². The molecule has 0 amide bonds. The molecule has 0 radical (unpaired) electrons. The van der Waals surface area contributed by atoms with E-state index in [1.54, 1.807) is 23.2 Å². The lowest BCUT2D eigenvalue weighted by Gasteiger charge is -2.35. The third kappa shape index (κ3) is 4.39. The molecule has 30 heavy (non-hydrogen) atoms. The van der Waals surface area contributed by atoms with Gasteiger partial charge in [-0.1, -0.05) is 6.07 Å². The first-order valence-electron chi connectivity index (χ1n) is 9.28. The Morgan fingerprint density at radius 3 is 2.37 bits per heavy atom. The van der Waals surface area contributed by atoms with Gasteiger partial charge in [0.05, 0.1) is 12.2 Å². The number of hydrogen-bond donors (Lipinski definition) is 0. The Hall–Kier alpha value is -3.50. The molecule has 0 bridgehead atoms. The van der Waals surface area contributed by atoms with Crippen molar-refractivity contribution in [3.05, 3.63) is 70.5 Å². The van der Waals surface area contributed by atoms with Gasteiger partial charge in [0.2, 0.25) is 5.95 Å². The van der Waals surface area contributed by atoms with Crippen LogP contribution in [0.15, 0.2) is 53.6 Å². The number of pyridine rings is 1. The molecule has 0 aliphatic carbocycles. The zero-order valence-corrected chi connectivity index (χ0v) is 15.8. The molecule has 3 aromatic rings. The van der Waals surface area contributed by atoms with Crippen LogP contribution in [-0.4, -0.2) is 50.9 Å². The lowest BCUT2D eigenvalue weighted by molar-refractivity contribution is -0.141. The maximum absolute atomic E-state index is 12.9. The Balaban J connectivity index is 1.46. The number of piperazine rings is 1. The van der Waals surface area contributed by atoms with Crippen LogP contribution in [0.2, 0.25) is 0 Å². The first-order valence-corrected chi connectivity index (χ1v) is 9.28. The highest BCUT2D eigenvalue weighted by Gasteiger charge is 2.33. The highest BCUT2D eigenvalue weighted by Crippen LogP contribution is 2.28. The molecule has 0 saturated carbocycles. The standard InChI is InChI=1S/C19H18F3N7O/c20-19(21,22)15-6-8-24-18(25-15)28-11-9-27(10-12-28)16-4-5-17(30)29(26-16)13-14-3-1-2-7-23-14/h1-8H,9-13H2. The number of halogens is 3. The van der Waals surface area contributed by atoms with Crippen LogP contribution in [-0.2, 0) is 12.7 Å². The zero-order valence-electron chi connectivity index (χ0n) is 15.8. The number of rotatable bonds is 4. The van der Waals surface area contributed by atoms with Crippen molar-refractivity contribution in [1.29, 1.82) is 0 Å². The third-order valence-corrected chi connectivity index (χ3v) is 4.71. The molecule has 0 spiro atoms. The second-order valence-corrected chi connectivity index (χ2v) is 6.72. The molecule has 0 aromatic carbocycles. The Morgan fingerprint density at radius 2 is 1.67 bits per heavy atom. The van der Waals surface area contributed by atoms with Crippen LogP contribution in [0.4, 0.5) is 24.9 Å². The average molecular weight is 417 g/mol. The third-order valence-electron chi connectivity index (χ3n) is 4.71. The highest BCUT2D eigenvalue weighted by molar-refractivity contribution is 5.41. The molecule has 8 nitrogen and oxygen atoms in total. The van der Waals surface area contributed by atoms with E-state index in [0.29, 0.717) is 32.0 Å². The predicted octanol–water partition coefficient (Wildman–Crippen LogP) is 1.82. The smallest absolute Gasteiger partial charge is 0.352 e. The van der Waals surface area contributed by atoms with Crippen LogP contribution in [0, 0.1) is 0 Å². The molecule has 156 valence electrons. The van der Waals surface area contributed by atoms with E-state index in [2.05, 4.69) is 20.1 Å². The molecule has 0 atom stereocenters. The summed E-state index contributed by atoms with van der Waals surface area (Å²) in [5, 5.41) is 4.43. The van der Waals surface area contributed by atoms with Crippen LogP contribution < -0.4 is 15.4 Å². The minimum absolute atomic E-state index is 0.0533. The molecule has 4 rings (SSSR count). The topological polar surface area (TPSA) is 80.0 Å². The van der Waals surface area contributed by atoms with Crippen LogP contribution in [0.1, 0.15) is 11.4 Å². The molecule has 1 fully saturated rings. The molecule has 4 heterocycles. The quantitative estimate of drug-likeness (QED) is 0.641. The summed E-state index contributed by atoms with van der Waals surface area (Å²) >= 11 is 0. The summed E-state index contributed by atoms with van der Waals surface area (Å²) in [6, 6.07) is 9.40. The Kier molecular flexibility index (Phi) is 5.34. The van der Waals surface area contributed by atoms with Gasteiger partial charge in [-0.25, -0.2) is 14.6 Å². The summed E-state index contributed by atoms with van der Waals surface area (Å²) in [5.41, 5.74) is -0.477. The van der Waals surface area contributed by atoms with Gasteiger partial charge in [-0.2, -0.15) is 18.3 Å². The summed E-state index contributed by atoms with van der Waals surface area (Å²) in [6.07, 6.45) is -1.74. The van der Waals surface area contributed by atoms with Crippen molar-refractivity contribution in [3.63, 3.8) is 0 Å². The summed E-state index contributed by atoms with van der Waals surface area (Å²) in [6.45, 7) is 2.14. The van der Waals surface area contributed by atoms with Gasteiger partial charge in [0.15, 0.2) is 0 Å². The monoisotopic (exact) mass is 417 g/mol. The van der Waals surface area contributed by atoms with E-state index in [-0.39, 0.29) is 18.1 Å². The van der Waals surface area contributed by atoms with Crippen molar-refractivity contribution < 1.29 is 13.2 Å². The fourth-order valence-electron chi connectivity index (χ4n) is 3.16. The van der Waals surface area contributed by atoms with Crippen molar-refractivity contribution in [2.24, 2.45) is 0 Å². The molecule has 11 heteroatoms. The van der Waals surface area contributed by atoms with Crippen molar-refractivity contribution in [3.8, 4) is 0 Å². The Morgan fingerprint density at radius 1 is 0.900 bits per heavy atom.